The van der Waals surface area contributed by atoms with Crippen LogP contribution in [0, 0.1) is 6.92 Å². The van der Waals surface area contributed by atoms with E-state index in [9.17, 15) is 13.2 Å². The summed E-state index contributed by atoms with van der Waals surface area (Å²) in [6.45, 7) is 1.75. The van der Waals surface area contributed by atoms with Crippen molar-refractivity contribution in [1.82, 2.24) is 9.71 Å². The van der Waals surface area contributed by atoms with E-state index in [0.717, 1.165) is 0 Å². The highest BCUT2D eigenvalue weighted by Gasteiger charge is 2.13. The molecule has 0 saturated heterocycles. The SMILES string of the molecule is Cc1nc2ccc(NC(=O)CCNS(=O)(=O)c3ccccc3)cc2o1. The van der Waals surface area contributed by atoms with Crippen LogP contribution >= 0.6 is 0 Å². The van der Waals surface area contributed by atoms with Gasteiger partial charge in [-0.25, -0.2) is 18.1 Å². The molecule has 3 aromatic rings. The van der Waals surface area contributed by atoms with Gasteiger partial charge in [0, 0.05) is 31.6 Å². The third kappa shape index (κ3) is 4.23. The van der Waals surface area contributed by atoms with E-state index >= 15 is 0 Å². The largest absolute Gasteiger partial charge is 0.441 e. The fourth-order valence-electron chi connectivity index (χ4n) is 2.32. The molecule has 0 aliphatic heterocycles. The number of rotatable bonds is 6. The first-order valence-corrected chi connectivity index (χ1v) is 9.14. The molecule has 0 unspecified atom stereocenters. The van der Waals surface area contributed by atoms with Crippen LogP contribution in [0.2, 0.25) is 0 Å². The fourth-order valence-corrected chi connectivity index (χ4v) is 3.38. The zero-order valence-corrected chi connectivity index (χ0v) is 14.3. The maximum Gasteiger partial charge on any atom is 0.240 e. The maximum absolute atomic E-state index is 12.1. The van der Waals surface area contributed by atoms with Crippen molar-refractivity contribution in [3.05, 3.63) is 54.4 Å². The van der Waals surface area contributed by atoms with Gasteiger partial charge in [-0.05, 0) is 24.3 Å². The molecule has 1 aromatic heterocycles. The molecular formula is C17H17N3O4S. The quantitative estimate of drug-likeness (QED) is 0.704. The summed E-state index contributed by atoms with van der Waals surface area (Å²) in [6, 6.07) is 13.2. The number of fused-ring (bicyclic) bond motifs is 1. The Bertz CT molecular complexity index is 997. The molecular weight excluding hydrogens is 342 g/mol. The molecule has 8 heteroatoms. The number of nitrogens with zero attached hydrogens (tertiary/aromatic N) is 1. The molecule has 0 spiro atoms. The van der Waals surface area contributed by atoms with E-state index < -0.39 is 10.0 Å². The normalized spacial score (nSPS) is 11.6. The van der Waals surface area contributed by atoms with Crippen LogP contribution in [0.25, 0.3) is 11.1 Å². The van der Waals surface area contributed by atoms with Crippen molar-refractivity contribution in [2.75, 3.05) is 11.9 Å². The highest BCUT2D eigenvalue weighted by atomic mass is 32.2. The second-order valence-corrected chi connectivity index (χ2v) is 7.19. The van der Waals surface area contributed by atoms with E-state index in [2.05, 4.69) is 15.0 Å². The van der Waals surface area contributed by atoms with Crippen molar-refractivity contribution < 1.29 is 17.6 Å². The number of hydrogen-bond donors (Lipinski definition) is 2. The minimum absolute atomic E-state index is 0.00667. The summed E-state index contributed by atoms with van der Waals surface area (Å²) < 4.78 is 31.9. The minimum Gasteiger partial charge on any atom is -0.441 e. The van der Waals surface area contributed by atoms with Gasteiger partial charge in [0.1, 0.15) is 5.52 Å². The first-order valence-electron chi connectivity index (χ1n) is 7.66. The Hall–Kier alpha value is -2.71. The van der Waals surface area contributed by atoms with E-state index in [1.54, 1.807) is 43.3 Å². The monoisotopic (exact) mass is 359 g/mol. The van der Waals surface area contributed by atoms with E-state index in [4.69, 9.17) is 4.42 Å². The Balaban J connectivity index is 1.55. The molecule has 0 aliphatic rings. The Morgan fingerprint density at radius 2 is 1.92 bits per heavy atom. The van der Waals surface area contributed by atoms with E-state index in [1.807, 2.05) is 0 Å². The summed E-state index contributed by atoms with van der Waals surface area (Å²) in [4.78, 5) is 16.3. The molecule has 130 valence electrons. The van der Waals surface area contributed by atoms with Crippen LogP contribution in [0.1, 0.15) is 12.3 Å². The Morgan fingerprint density at radius 3 is 2.68 bits per heavy atom. The van der Waals surface area contributed by atoms with Crippen LogP contribution in [-0.4, -0.2) is 25.9 Å². The third-order valence-corrected chi connectivity index (χ3v) is 4.95. The van der Waals surface area contributed by atoms with E-state index in [0.29, 0.717) is 22.7 Å². The van der Waals surface area contributed by atoms with Gasteiger partial charge in [0.15, 0.2) is 11.5 Å². The lowest BCUT2D eigenvalue weighted by molar-refractivity contribution is -0.116. The standard InChI is InChI=1S/C17H17N3O4S/c1-12-19-15-8-7-13(11-16(15)24-12)20-17(21)9-10-18-25(22,23)14-5-3-2-4-6-14/h2-8,11,18H,9-10H2,1H3,(H,20,21). The van der Waals surface area contributed by atoms with Gasteiger partial charge in [-0.3, -0.25) is 4.79 Å². The molecule has 3 rings (SSSR count). The summed E-state index contributed by atoms with van der Waals surface area (Å²) in [6.07, 6.45) is 0.0134. The molecule has 25 heavy (non-hydrogen) atoms. The van der Waals surface area contributed by atoms with Crippen molar-refractivity contribution in [3.63, 3.8) is 0 Å². The molecule has 1 heterocycles. The first-order chi connectivity index (χ1) is 11.9. The number of anilines is 1. The van der Waals surface area contributed by atoms with Crippen LogP contribution in [0.5, 0.6) is 0 Å². The van der Waals surface area contributed by atoms with Crippen LogP contribution in [-0.2, 0) is 14.8 Å². The number of oxazole rings is 1. The van der Waals surface area contributed by atoms with Crippen molar-refractivity contribution in [2.45, 2.75) is 18.2 Å². The minimum atomic E-state index is -3.61. The zero-order valence-electron chi connectivity index (χ0n) is 13.5. The van der Waals surface area contributed by atoms with Crippen molar-refractivity contribution in [3.8, 4) is 0 Å². The van der Waals surface area contributed by atoms with Gasteiger partial charge < -0.3 is 9.73 Å². The van der Waals surface area contributed by atoms with Gasteiger partial charge in [-0.2, -0.15) is 0 Å². The molecule has 2 aromatic carbocycles. The summed E-state index contributed by atoms with van der Waals surface area (Å²) in [7, 11) is -3.61. The van der Waals surface area contributed by atoms with Gasteiger partial charge in [-0.15, -0.1) is 0 Å². The van der Waals surface area contributed by atoms with Crippen LogP contribution in [0.3, 0.4) is 0 Å². The van der Waals surface area contributed by atoms with E-state index in [1.165, 1.54) is 12.1 Å². The number of sulfonamides is 1. The first kappa shape index (κ1) is 17.1. The van der Waals surface area contributed by atoms with Crippen LogP contribution in [0.4, 0.5) is 5.69 Å². The summed E-state index contributed by atoms with van der Waals surface area (Å²) in [5.41, 5.74) is 1.87. The van der Waals surface area contributed by atoms with Crippen molar-refractivity contribution in [2.24, 2.45) is 0 Å². The Kier molecular flexibility index (Phi) is 4.82. The molecule has 0 radical (unpaired) electrons. The number of aryl methyl sites for hydroxylation is 1. The van der Waals surface area contributed by atoms with Gasteiger partial charge in [0.2, 0.25) is 15.9 Å². The molecule has 2 N–H and O–H groups in total. The van der Waals surface area contributed by atoms with E-state index in [-0.39, 0.29) is 23.8 Å². The van der Waals surface area contributed by atoms with Crippen LogP contribution in [0.15, 0.2) is 57.8 Å². The number of nitrogens with one attached hydrogen (secondary N) is 2. The number of hydrogen-bond acceptors (Lipinski definition) is 5. The van der Waals surface area contributed by atoms with Gasteiger partial charge in [-0.1, -0.05) is 18.2 Å². The predicted molar refractivity (Wildman–Crippen MR) is 93.6 cm³/mol. The molecule has 0 bridgehead atoms. The summed E-state index contributed by atoms with van der Waals surface area (Å²) in [5.74, 6) is 0.250. The molecule has 0 fully saturated rings. The predicted octanol–water partition coefficient (Wildman–Crippen LogP) is 2.44. The molecule has 0 atom stereocenters. The second kappa shape index (κ2) is 7.04. The zero-order chi connectivity index (χ0) is 17.9. The lowest BCUT2D eigenvalue weighted by Gasteiger charge is -2.07. The molecule has 0 saturated carbocycles. The number of aromatic nitrogens is 1. The second-order valence-electron chi connectivity index (χ2n) is 5.42. The van der Waals surface area contributed by atoms with Gasteiger partial charge >= 0.3 is 0 Å². The number of amides is 1. The van der Waals surface area contributed by atoms with Crippen molar-refractivity contribution >= 4 is 32.7 Å². The lowest BCUT2D eigenvalue weighted by atomic mass is 10.2. The average Bonchev–Trinajstić information content (AvgIpc) is 2.95. The molecule has 7 nitrogen and oxygen atoms in total. The molecule has 0 aliphatic carbocycles. The summed E-state index contributed by atoms with van der Waals surface area (Å²) >= 11 is 0. The third-order valence-electron chi connectivity index (χ3n) is 3.48. The highest BCUT2D eigenvalue weighted by molar-refractivity contribution is 7.89. The lowest BCUT2D eigenvalue weighted by Crippen LogP contribution is -2.27. The van der Waals surface area contributed by atoms with Crippen molar-refractivity contribution in [1.29, 1.82) is 0 Å². The smallest absolute Gasteiger partial charge is 0.240 e. The summed E-state index contributed by atoms with van der Waals surface area (Å²) in [5, 5.41) is 2.71. The number of carbonyl (C=O) groups is 1. The Labute approximate surface area is 145 Å². The maximum atomic E-state index is 12.1. The van der Waals surface area contributed by atoms with Gasteiger partial charge in [0.05, 0.1) is 4.90 Å². The highest BCUT2D eigenvalue weighted by Crippen LogP contribution is 2.19. The molecule has 1 amide bonds. The van der Waals surface area contributed by atoms with Gasteiger partial charge in [0.25, 0.3) is 0 Å². The Morgan fingerprint density at radius 1 is 1.16 bits per heavy atom. The number of benzene rings is 2. The number of carbonyl (C=O) groups excluding carboxylic acids is 1. The topological polar surface area (TPSA) is 101 Å². The fraction of sp³-hybridized carbons (Fsp3) is 0.176. The van der Waals surface area contributed by atoms with Crippen LogP contribution < -0.4 is 10.0 Å². The average molecular weight is 359 g/mol.